The van der Waals surface area contributed by atoms with Crippen LogP contribution in [0.15, 0.2) is 6.07 Å². The van der Waals surface area contributed by atoms with Gasteiger partial charge in [0.05, 0.1) is 0 Å². The smallest absolute Gasteiger partial charge is 0.129 e. The van der Waals surface area contributed by atoms with Gasteiger partial charge in [0, 0.05) is 18.3 Å². The molecule has 2 heterocycles. The van der Waals surface area contributed by atoms with Crippen LogP contribution < -0.4 is 10.6 Å². The van der Waals surface area contributed by atoms with Crippen LogP contribution in [-0.2, 0) is 6.42 Å². The van der Waals surface area contributed by atoms with Gasteiger partial charge in [-0.15, -0.1) is 0 Å². The normalized spacial score (nSPS) is 20.0. The molecule has 16 heavy (non-hydrogen) atoms. The molecule has 1 aliphatic rings. The molecule has 0 radical (unpaired) electrons. The van der Waals surface area contributed by atoms with Gasteiger partial charge in [0.1, 0.15) is 11.6 Å². The van der Waals surface area contributed by atoms with Gasteiger partial charge in [0.25, 0.3) is 0 Å². The van der Waals surface area contributed by atoms with E-state index in [0.717, 1.165) is 49.3 Å². The highest BCUT2D eigenvalue weighted by atomic mass is 15.0. The van der Waals surface area contributed by atoms with Crippen LogP contribution in [-0.4, -0.2) is 29.6 Å². The average Bonchev–Trinajstić information content (AvgIpc) is 2.78. The molecule has 4 heteroatoms. The van der Waals surface area contributed by atoms with Gasteiger partial charge >= 0.3 is 0 Å². The van der Waals surface area contributed by atoms with Gasteiger partial charge in [-0.25, -0.2) is 9.97 Å². The topological polar surface area (TPSA) is 49.8 Å². The Labute approximate surface area is 96.9 Å². The second-order valence-electron chi connectivity index (χ2n) is 4.39. The van der Waals surface area contributed by atoms with Crippen molar-refractivity contribution in [3.8, 4) is 0 Å². The molecule has 1 fully saturated rings. The third-order valence-electron chi connectivity index (χ3n) is 2.99. The summed E-state index contributed by atoms with van der Waals surface area (Å²) in [6.07, 6.45) is 2.22. The van der Waals surface area contributed by atoms with Gasteiger partial charge < -0.3 is 10.6 Å². The quantitative estimate of drug-likeness (QED) is 0.804. The van der Waals surface area contributed by atoms with Crippen LogP contribution in [0, 0.1) is 12.8 Å². The zero-order chi connectivity index (χ0) is 11.4. The first-order chi connectivity index (χ1) is 7.78. The van der Waals surface area contributed by atoms with Gasteiger partial charge in [0.2, 0.25) is 0 Å². The lowest BCUT2D eigenvalue weighted by atomic mass is 10.1. The number of aromatic nitrogens is 2. The summed E-state index contributed by atoms with van der Waals surface area (Å²) >= 11 is 0. The van der Waals surface area contributed by atoms with Crippen LogP contribution in [0.1, 0.15) is 24.9 Å². The van der Waals surface area contributed by atoms with Crippen molar-refractivity contribution >= 4 is 5.82 Å². The molecule has 0 saturated carbocycles. The summed E-state index contributed by atoms with van der Waals surface area (Å²) in [6.45, 7) is 7.34. The fourth-order valence-electron chi connectivity index (χ4n) is 2.04. The van der Waals surface area contributed by atoms with E-state index in [1.165, 1.54) is 6.42 Å². The van der Waals surface area contributed by atoms with Gasteiger partial charge in [-0.2, -0.15) is 0 Å². The fraction of sp³-hybridized carbons (Fsp3) is 0.667. The summed E-state index contributed by atoms with van der Waals surface area (Å²) in [7, 11) is 0. The maximum absolute atomic E-state index is 4.40. The number of aryl methyl sites for hydroxylation is 2. The van der Waals surface area contributed by atoms with E-state index in [0.29, 0.717) is 0 Å². The summed E-state index contributed by atoms with van der Waals surface area (Å²) in [5.74, 6) is 2.56. The van der Waals surface area contributed by atoms with Crippen molar-refractivity contribution in [2.24, 2.45) is 5.92 Å². The average molecular weight is 220 g/mol. The zero-order valence-corrected chi connectivity index (χ0v) is 10.1. The van der Waals surface area contributed by atoms with Crippen molar-refractivity contribution < 1.29 is 0 Å². The Balaban J connectivity index is 1.94. The Hall–Kier alpha value is -1.16. The number of hydrogen-bond acceptors (Lipinski definition) is 4. The third-order valence-corrected chi connectivity index (χ3v) is 2.99. The predicted molar refractivity (Wildman–Crippen MR) is 65.6 cm³/mol. The standard InChI is InChI=1S/C12H20N4/c1-3-11-6-12(16-9(2)15-11)14-8-10-4-5-13-7-10/h6,10,13H,3-5,7-8H2,1-2H3,(H,14,15,16). The number of nitrogens with one attached hydrogen (secondary N) is 2. The van der Waals surface area contributed by atoms with Crippen LogP contribution in [0.4, 0.5) is 5.82 Å². The molecule has 0 amide bonds. The monoisotopic (exact) mass is 220 g/mol. The van der Waals surface area contributed by atoms with E-state index in [4.69, 9.17) is 0 Å². The van der Waals surface area contributed by atoms with E-state index in [1.807, 2.05) is 6.92 Å². The van der Waals surface area contributed by atoms with Gasteiger partial charge in [-0.05, 0) is 38.8 Å². The maximum atomic E-state index is 4.40. The van der Waals surface area contributed by atoms with E-state index in [1.54, 1.807) is 0 Å². The lowest BCUT2D eigenvalue weighted by molar-refractivity contribution is 0.614. The molecule has 0 aliphatic carbocycles. The molecule has 4 nitrogen and oxygen atoms in total. The molecule has 1 aromatic heterocycles. The molecule has 1 atom stereocenters. The van der Waals surface area contributed by atoms with Gasteiger partial charge in [-0.3, -0.25) is 0 Å². The molecule has 0 spiro atoms. The second-order valence-corrected chi connectivity index (χ2v) is 4.39. The first-order valence-corrected chi connectivity index (χ1v) is 6.07. The molecule has 1 unspecified atom stereocenters. The van der Waals surface area contributed by atoms with Gasteiger partial charge in [0.15, 0.2) is 0 Å². The highest BCUT2D eigenvalue weighted by Crippen LogP contribution is 2.11. The fourth-order valence-corrected chi connectivity index (χ4v) is 2.04. The maximum Gasteiger partial charge on any atom is 0.129 e. The van der Waals surface area contributed by atoms with Crippen LogP contribution in [0.3, 0.4) is 0 Å². The Kier molecular flexibility index (Phi) is 3.72. The molecule has 1 aliphatic heterocycles. The summed E-state index contributed by atoms with van der Waals surface area (Å²) < 4.78 is 0. The second kappa shape index (κ2) is 5.25. The number of hydrogen-bond donors (Lipinski definition) is 2. The third kappa shape index (κ3) is 2.92. The highest BCUT2D eigenvalue weighted by Gasteiger charge is 2.14. The van der Waals surface area contributed by atoms with E-state index < -0.39 is 0 Å². The van der Waals surface area contributed by atoms with E-state index in [9.17, 15) is 0 Å². The minimum Gasteiger partial charge on any atom is -0.370 e. The van der Waals surface area contributed by atoms with Crippen molar-refractivity contribution in [3.05, 3.63) is 17.6 Å². The number of anilines is 1. The number of nitrogens with zero attached hydrogens (tertiary/aromatic N) is 2. The summed E-state index contributed by atoms with van der Waals surface area (Å²) in [4.78, 5) is 8.77. The molecule has 88 valence electrons. The van der Waals surface area contributed by atoms with Crippen molar-refractivity contribution in [2.45, 2.75) is 26.7 Å². The predicted octanol–water partition coefficient (Wildman–Crippen LogP) is 1.37. The molecule has 0 bridgehead atoms. The van der Waals surface area contributed by atoms with Crippen molar-refractivity contribution in [1.82, 2.24) is 15.3 Å². The SMILES string of the molecule is CCc1cc(NCC2CCNC2)nc(C)n1. The van der Waals surface area contributed by atoms with E-state index in [2.05, 4.69) is 33.6 Å². The summed E-state index contributed by atoms with van der Waals surface area (Å²) in [5, 5.41) is 6.78. The Bertz CT molecular complexity index is 345. The Morgan fingerprint density at radius 3 is 3.06 bits per heavy atom. The lowest BCUT2D eigenvalue weighted by Crippen LogP contribution is -2.18. The molecule has 1 aromatic rings. The molecule has 1 saturated heterocycles. The molecule has 2 rings (SSSR count). The van der Waals surface area contributed by atoms with E-state index in [-0.39, 0.29) is 0 Å². The van der Waals surface area contributed by atoms with Crippen molar-refractivity contribution in [3.63, 3.8) is 0 Å². The largest absolute Gasteiger partial charge is 0.370 e. The van der Waals surface area contributed by atoms with Crippen LogP contribution >= 0.6 is 0 Å². The molecule has 2 N–H and O–H groups in total. The van der Waals surface area contributed by atoms with E-state index >= 15 is 0 Å². The molecule has 0 aromatic carbocycles. The zero-order valence-electron chi connectivity index (χ0n) is 10.1. The van der Waals surface area contributed by atoms with Crippen LogP contribution in [0.5, 0.6) is 0 Å². The lowest BCUT2D eigenvalue weighted by Gasteiger charge is -2.11. The summed E-state index contributed by atoms with van der Waals surface area (Å²) in [6, 6.07) is 2.05. The Morgan fingerprint density at radius 2 is 2.38 bits per heavy atom. The minimum absolute atomic E-state index is 0.736. The van der Waals surface area contributed by atoms with Crippen molar-refractivity contribution in [2.75, 3.05) is 25.0 Å². The number of rotatable bonds is 4. The molecular weight excluding hydrogens is 200 g/mol. The summed E-state index contributed by atoms with van der Waals surface area (Å²) in [5.41, 5.74) is 1.11. The van der Waals surface area contributed by atoms with Gasteiger partial charge in [-0.1, -0.05) is 6.92 Å². The minimum atomic E-state index is 0.736. The van der Waals surface area contributed by atoms with Crippen LogP contribution in [0.2, 0.25) is 0 Å². The molecular formula is C12H20N4. The van der Waals surface area contributed by atoms with Crippen LogP contribution in [0.25, 0.3) is 0 Å². The first-order valence-electron chi connectivity index (χ1n) is 6.07. The first kappa shape index (κ1) is 11.3. The highest BCUT2D eigenvalue weighted by molar-refractivity contribution is 5.36. The Morgan fingerprint density at radius 1 is 1.50 bits per heavy atom. The van der Waals surface area contributed by atoms with Crippen molar-refractivity contribution in [1.29, 1.82) is 0 Å².